The molecule has 0 fully saturated rings. The maximum Gasteiger partial charge on any atom is 0.330 e. The molecule has 0 aliphatic heterocycles. The van der Waals surface area contributed by atoms with Crippen LogP contribution in [0.2, 0.25) is 0 Å². The lowest BCUT2D eigenvalue weighted by Gasteiger charge is -2.12. The van der Waals surface area contributed by atoms with Crippen molar-refractivity contribution >= 4 is 17.0 Å². The van der Waals surface area contributed by atoms with Gasteiger partial charge in [-0.1, -0.05) is 24.8 Å². The van der Waals surface area contributed by atoms with Crippen molar-refractivity contribution < 1.29 is 14.6 Å². The largest absolute Gasteiger partial charge is 0.505 e. The van der Waals surface area contributed by atoms with E-state index < -0.39 is 5.97 Å². The Bertz CT molecular complexity index is 900. The SMILES string of the molecule is C=CC(=O)OCCc1cc(CN)cc(-n2nc3ccccc3n2)c1O. The molecule has 25 heavy (non-hydrogen) atoms. The topological polar surface area (TPSA) is 103 Å². The summed E-state index contributed by atoms with van der Waals surface area (Å²) in [4.78, 5) is 12.5. The third-order valence-corrected chi connectivity index (χ3v) is 3.75. The molecular formula is C18H18N4O3. The van der Waals surface area contributed by atoms with Gasteiger partial charge in [-0.25, -0.2) is 4.79 Å². The summed E-state index contributed by atoms with van der Waals surface area (Å²) in [6.07, 6.45) is 1.44. The van der Waals surface area contributed by atoms with Crippen LogP contribution in [0.1, 0.15) is 11.1 Å². The number of aromatic hydroxyl groups is 1. The number of hydrogen-bond donors (Lipinski definition) is 2. The van der Waals surface area contributed by atoms with Crippen LogP contribution >= 0.6 is 0 Å². The minimum Gasteiger partial charge on any atom is -0.505 e. The van der Waals surface area contributed by atoms with E-state index in [9.17, 15) is 9.90 Å². The number of benzene rings is 2. The Kier molecular flexibility index (Phi) is 4.76. The molecule has 0 saturated heterocycles. The Hall–Kier alpha value is -3.19. The van der Waals surface area contributed by atoms with Gasteiger partial charge in [0.1, 0.15) is 22.5 Å². The molecule has 1 aromatic heterocycles. The average molecular weight is 338 g/mol. The van der Waals surface area contributed by atoms with E-state index in [0.29, 0.717) is 24.2 Å². The summed E-state index contributed by atoms with van der Waals surface area (Å²) >= 11 is 0. The molecule has 128 valence electrons. The molecule has 3 N–H and O–H groups in total. The molecule has 0 spiro atoms. The molecule has 0 unspecified atom stereocenters. The van der Waals surface area contributed by atoms with Crippen molar-refractivity contribution in [3.8, 4) is 11.4 Å². The minimum absolute atomic E-state index is 0.0344. The van der Waals surface area contributed by atoms with Gasteiger partial charge in [0.05, 0.1) is 6.61 Å². The molecule has 0 radical (unpaired) electrons. The molecule has 0 atom stereocenters. The second-order valence-corrected chi connectivity index (χ2v) is 5.43. The van der Waals surface area contributed by atoms with E-state index in [1.807, 2.05) is 24.3 Å². The van der Waals surface area contributed by atoms with Gasteiger partial charge < -0.3 is 15.6 Å². The highest BCUT2D eigenvalue weighted by Gasteiger charge is 2.14. The molecule has 0 aliphatic rings. The fraction of sp³-hybridized carbons (Fsp3) is 0.167. The number of carbonyl (C=O) groups is 1. The van der Waals surface area contributed by atoms with Crippen LogP contribution in [-0.2, 0) is 22.5 Å². The van der Waals surface area contributed by atoms with Crippen LogP contribution in [0.3, 0.4) is 0 Å². The van der Waals surface area contributed by atoms with Crippen molar-refractivity contribution in [2.24, 2.45) is 5.73 Å². The van der Waals surface area contributed by atoms with Gasteiger partial charge >= 0.3 is 5.97 Å². The fourth-order valence-electron chi connectivity index (χ4n) is 2.49. The molecule has 3 aromatic rings. The lowest BCUT2D eigenvalue weighted by Crippen LogP contribution is -2.08. The number of aromatic nitrogens is 3. The summed E-state index contributed by atoms with van der Waals surface area (Å²) < 4.78 is 4.98. The highest BCUT2D eigenvalue weighted by molar-refractivity contribution is 5.81. The Morgan fingerprint density at radius 1 is 1.28 bits per heavy atom. The Morgan fingerprint density at radius 3 is 2.56 bits per heavy atom. The predicted molar refractivity (Wildman–Crippen MR) is 93.3 cm³/mol. The molecule has 1 heterocycles. The minimum atomic E-state index is -0.505. The molecule has 7 heteroatoms. The zero-order valence-electron chi connectivity index (χ0n) is 13.6. The number of phenolic OH excluding ortho intramolecular Hbond substituents is 1. The Morgan fingerprint density at radius 2 is 1.96 bits per heavy atom. The van der Waals surface area contributed by atoms with Crippen molar-refractivity contribution in [2.75, 3.05) is 6.61 Å². The number of nitrogens with two attached hydrogens (primary N) is 1. The van der Waals surface area contributed by atoms with E-state index in [1.54, 1.807) is 12.1 Å². The first-order chi connectivity index (χ1) is 12.1. The monoisotopic (exact) mass is 338 g/mol. The summed E-state index contributed by atoms with van der Waals surface area (Å²) in [5, 5.41) is 19.4. The van der Waals surface area contributed by atoms with Crippen LogP contribution in [-0.4, -0.2) is 32.7 Å². The second kappa shape index (κ2) is 7.14. The first-order valence-corrected chi connectivity index (χ1v) is 7.79. The molecule has 0 amide bonds. The molecule has 0 bridgehead atoms. The van der Waals surface area contributed by atoms with E-state index in [-0.39, 0.29) is 12.4 Å². The fourth-order valence-corrected chi connectivity index (χ4v) is 2.49. The maximum absolute atomic E-state index is 11.2. The molecule has 7 nitrogen and oxygen atoms in total. The number of phenols is 1. The molecular weight excluding hydrogens is 320 g/mol. The van der Waals surface area contributed by atoms with Gasteiger partial charge in [-0.3, -0.25) is 0 Å². The lowest BCUT2D eigenvalue weighted by atomic mass is 10.1. The quantitative estimate of drug-likeness (QED) is 0.525. The number of fused-ring (bicyclic) bond motifs is 1. The van der Waals surface area contributed by atoms with Crippen LogP contribution in [0.15, 0.2) is 49.1 Å². The first-order valence-electron chi connectivity index (χ1n) is 7.79. The third-order valence-electron chi connectivity index (χ3n) is 3.75. The van der Waals surface area contributed by atoms with Gasteiger partial charge in [-0.15, -0.1) is 15.0 Å². The van der Waals surface area contributed by atoms with Gasteiger partial charge in [-0.2, -0.15) is 0 Å². The summed E-state index contributed by atoms with van der Waals surface area (Å²) in [6, 6.07) is 11.0. The summed E-state index contributed by atoms with van der Waals surface area (Å²) in [5.41, 5.74) is 9.07. The third kappa shape index (κ3) is 3.51. The predicted octanol–water partition coefficient (Wildman–Crippen LogP) is 1.86. The number of esters is 1. The number of ether oxygens (including phenoxy) is 1. The van der Waals surface area contributed by atoms with Crippen molar-refractivity contribution in [1.29, 1.82) is 0 Å². The smallest absolute Gasteiger partial charge is 0.330 e. The van der Waals surface area contributed by atoms with E-state index in [0.717, 1.165) is 22.7 Å². The molecule has 2 aromatic carbocycles. The maximum atomic E-state index is 11.2. The van der Waals surface area contributed by atoms with Gasteiger partial charge in [0.2, 0.25) is 0 Å². The van der Waals surface area contributed by atoms with Crippen molar-refractivity contribution in [1.82, 2.24) is 15.0 Å². The van der Waals surface area contributed by atoms with E-state index >= 15 is 0 Å². The summed E-state index contributed by atoms with van der Waals surface area (Å²) in [6.45, 7) is 3.77. The van der Waals surface area contributed by atoms with Crippen LogP contribution in [0.25, 0.3) is 16.7 Å². The Labute approximate surface area is 144 Å². The number of hydrogen-bond acceptors (Lipinski definition) is 6. The molecule has 0 aliphatic carbocycles. The van der Waals surface area contributed by atoms with E-state index in [4.69, 9.17) is 10.5 Å². The standard InChI is InChI=1S/C18H18N4O3/c1-2-17(23)25-8-7-13-9-12(11-19)10-16(18(13)24)22-20-14-5-3-4-6-15(14)21-22/h2-6,9-10,24H,1,7-8,11,19H2. The summed E-state index contributed by atoms with van der Waals surface area (Å²) in [7, 11) is 0. The van der Waals surface area contributed by atoms with Gasteiger partial charge in [0.25, 0.3) is 0 Å². The van der Waals surface area contributed by atoms with Gasteiger partial charge in [0.15, 0.2) is 0 Å². The van der Waals surface area contributed by atoms with E-state index in [1.165, 1.54) is 4.80 Å². The van der Waals surface area contributed by atoms with E-state index in [2.05, 4.69) is 16.8 Å². The normalized spacial score (nSPS) is 10.8. The number of nitrogens with zero attached hydrogens (tertiary/aromatic N) is 3. The van der Waals surface area contributed by atoms with Gasteiger partial charge in [0, 0.05) is 19.0 Å². The summed E-state index contributed by atoms with van der Waals surface area (Å²) in [5.74, 6) is -0.471. The second-order valence-electron chi connectivity index (χ2n) is 5.43. The zero-order valence-corrected chi connectivity index (χ0v) is 13.6. The average Bonchev–Trinajstić information content (AvgIpc) is 3.06. The zero-order chi connectivity index (χ0) is 17.8. The lowest BCUT2D eigenvalue weighted by molar-refractivity contribution is -0.137. The van der Waals surface area contributed by atoms with Crippen LogP contribution in [0, 0.1) is 0 Å². The Balaban J connectivity index is 1.96. The van der Waals surface area contributed by atoms with Gasteiger partial charge in [-0.05, 0) is 29.3 Å². The number of carbonyl (C=O) groups excluding carboxylic acids is 1. The highest BCUT2D eigenvalue weighted by Crippen LogP contribution is 2.28. The van der Waals surface area contributed by atoms with Crippen molar-refractivity contribution in [2.45, 2.75) is 13.0 Å². The molecule has 0 saturated carbocycles. The van der Waals surface area contributed by atoms with Crippen LogP contribution < -0.4 is 5.73 Å². The highest BCUT2D eigenvalue weighted by atomic mass is 16.5. The molecule has 3 rings (SSSR count). The van der Waals surface area contributed by atoms with Crippen molar-refractivity contribution in [3.63, 3.8) is 0 Å². The van der Waals surface area contributed by atoms with Crippen molar-refractivity contribution in [3.05, 3.63) is 60.2 Å². The number of rotatable bonds is 6. The van der Waals surface area contributed by atoms with Crippen LogP contribution in [0.5, 0.6) is 5.75 Å². The van der Waals surface area contributed by atoms with Crippen LogP contribution in [0.4, 0.5) is 0 Å². The first kappa shape index (κ1) is 16.7.